The molecule has 0 saturated carbocycles. The molecule has 4 heterocycles. The summed E-state index contributed by atoms with van der Waals surface area (Å²) in [6.45, 7) is 5.72. The average Bonchev–Trinajstić information content (AvgIpc) is 3.35. The average molecular weight is 388 g/mol. The highest BCUT2D eigenvalue weighted by molar-refractivity contribution is 6.34. The minimum Gasteiger partial charge on any atom is -0.423 e. The van der Waals surface area contributed by atoms with Gasteiger partial charge in [-0.3, -0.25) is 14.3 Å². The van der Waals surface area contributed by atoms with Crippen molar-refractivity contribution in [2.24, 2.45) is 0 Å². The van der Waals surface area contributed by atoms with E-state index in [1.165, 1.54) is 4.90 Å². The number of hydrogen-bond acceptors (Lipinski definition) is 7. The molecule has 2 saturated heterocycles. The summed E-state index contributed by atoms with van der Waals surface area (Å²) in [6.07, 6.45) is 4.92. The van der Waals surface area contributed by atoms with Crippen molar-refractivity contribution in [2.45, 2.75) is 38.8 Å². The van der Waals surface area contributed by atoms with Gasteiger partial charge in [0, 0.05) is 32.8 Å². The van der Waals surface area contributed by atoms with Crippen LogP contribution in [0, 0.1) is 13.8 Å². The smallest absolute Gasteiger partial charge is 0.312 e. The number of likely N-dealkylation sites (tertiary alicyclic amines) is 1. The quantitative estimate of drug-likeness (QED) is 0.695. The molecule has 2 aliphatic heterocycles. The number of carbonyl (C=O) groups is 2. The van der Waals surface area contributed by atoms with Gasteiger partial charge in [-0.15, -0.1) is 10.2 Å². The first-order valence-electron chi connectivity index (χ1n) is 9.52. The first-order chi connectivity index (χ1) is 13.5. The molecular formula is C18H24N6O4. The Bertz CT molecular complexity index is 854. The van der Waals surface area contributed by atoms with Gasteiger partial charge in [-0.25, -0.2) is 0 Å². The zero-order valence-electron chi connectivity index (χ0n) is 16.1. The largest absolute Gasteiger partial charge is 0.423 e. The molecule has 10 heteroatoms. The number of piperidine rings is 1. The zero-order valence-corrected chi connectivity index (χ0v) is 16.1. The van der Waals surface area contributed by atoms with Gasteiger partial charge >= 0.3 is 11.8 Å². The molecule has 1 unspecified atom stereocenters. The van der Waals surface area contributed by atoms with E-state index >= 15 is 0 Å². The number of hydrogen-bond donors (Lipinski definition) is 0. The molecule has 0 bridgehead atoms. The van der Waals surface area contributed by atoms with Gasteiger partial charge in [-0.05, 0) is 25.3 Å². The van der Waals surface area contributed by atoms with Crippen molar-refractivity contribution in [1.82, 2.24) is 29.8 Å². The van der Waals surface area contributed by atoms with Gasteiger partial charge in [-0.2, -0.15) is 5.10 Å². The predicted molar refractivity (Wildman–Crippen MR) is 96.1 cm³/mol. The second-order valence-corrected chi connectivity index (χ2v) is 7.29. The summed E-state index contributed by atoms with van der Waals surface area (Å²) < 4.78 is 13.0. The van der Waals surface area contributed by atoms with Crippen molar-refractivity contribution in [2.75, 3.05) is 32.8 Å². The predicted octanol–water partition coefficient (Wildman–Crippen LogP) is 0.647. The normalized spacial score (nSPS) is 21.1. The summed E-state index contributed by atoms with van der Waals surface area (Å²) in [6, 6.07) is 0.265. The van der Waals surface area contributed by atoms with Crippen LogP contribution >= 0.6 is 0 Å². The summed E-state index contributed by atoms with van der Waals surface area (Å²) in [5, 5.41) is 12.1. The number of morpholine rings is 1. The van der Waals surface area contributed by atoms with Crippen molar-refractivity contribution in [3.8, 4) is 0 Å². The minimum atomic E-state index is -0.502. The standard InChI is InChI=1S/C18H24N6O4/c1-12-9-19-24(10-12)14-3-5-22(6-4-14)17(25)18(26)23-7-8-27-15(11-23)16-21-20-13(2)28-16/h9-10,14-15H,3-8,11H2,1-2H3. The summed E-state index contributed by atoms with van der Waals surface area (Å²) >= 11 is 0. The first kappa shape index (κ1) is 18.6. The molecular weight excluding hydrogens is 364 g/mol. The second-order valence-electron chi connectivity index (χ2n) is 7.29. The lowest BCUT2D eigenvalue weighted by atomic mass is 10.1. The lowest BCUT2D eigenvalue weighted by Gasteiger charge is -2.35. The van der Waals surface area contributed by atoms with Gasteiger partial charge in [0.25, 0.3) is 0 Å². The molecule has 4 rings (SSSR count). The molecule has 2 amide bonds. The van der Waals surface area contributed by atoms with E-state index in [-0.39, 0.29) is 12.6 Å². The fourth-order valence-electron chi connectivity index (χ4n) is 3.66. The van der Waals surface area contributed by atoms with E-state index < -0.39 is 17.9 Å². The molecule has 2 aliphatic rings. The Morgan fingerprint density at radius 2 is 1.82 bits per heavy atom. The number of carbonyl (C=O) groups excluding carboxylic acids is 2. The van der Waals surface area contributed by atoms with E-state index in [4.69, 9.17) is 9.15 Å². The van der Waals surface area contributed by atoms with E-state index in [0.717, 1.165) is 18.4 Å². The Morgan fingerprint density at radius 3 is 2.46 bits per heavy atom. The van der Waals surface area contributed by atoms with Crippen LogP contribution in [-0.2, 0) is 14.3 Å². The Hall–Kier alpha value is -2.75. The van der Waals surface area contributed by atoms with Crippen molar-refractivity contribution in [3.63, 3.8) is 0 Å². The molecule has 28 heavy (non-hydrogen) atoms. The molecule has 1 atom stereocenters. The number of ether oxygens (including phenoxy) is 1. The summed E-state index contributed by atoms with van der Waals surface area (Å²) in [4.78, 5) is 28.6. The third-order valence-electron chi connectivity index (χ3n) is 5.21. The van der Waals surface area contributed by atoms with Crippen molar-refractivity contribution in [3.05, 3.63) is 29.7 Å². The Kier molecular flexibility index (Phi) is 5.12. The van der Waals surface area contributed by atoms with Gasteiger partial charge in [0.1, 0.15) is 0 Å². The third kappa shape index (κ3) is 3.77. The van der Waals surface area contributed by atoms with E-state index in [0.29, 0.717) is 38.0 Å². The Balaban J connectivity index is 1.34. The maximum Gasteiger partial charge on any atom is 0.312 e. The lowest BCUT2D eigenvalue weighted by molar-refractivity contribution is -0.157. The fourth-order valence-corrected chi connectivity index (χ4v) is 3.66. The van der Waals surface area contributed by atoms with E-state index in [1.807, 2.05) is 24.0 Å². The fraction of sp³-hybridized carbons (Fsp3) is 0.611. The topological polar surface area (TPSA) is 107 Å². The Morgan fingerprint density at radius 1 is 1.07 bits per heavy atom. The highest BCUT2D eigenvalue weighted by Gasteiger charge is 2.35. The molecule has 0 spiro atoms. The molecule has 2 fully saturated rings. The van der Waals surface area contributed by atoms with Gasteiger partial charge < -0.3 is 19.0 Å². The van der Waals surface area contributed by atoms with Crippen LogP contribution in [0.5, 0.6) is 0 Å². The number of aromatic nitrogens is 4. The van der Waals surface area contributed by atoms with Crippen LogP contribution in [0.2, 0.25) is 0 Å². The summed E-state index contributed by atoms with van der Waals surface area (Å²) in [7, 11) is 0. The highest BCUT2D eigenvalue weighted by atomic mass is 16.5. The van der Waals surface area contributed by atoms with E-state index in [2.05, 4.69) is 15.3 Å². The summed E-state index contributed by atoms with van der Waals surface area (Å²) in [5.41, 5.74) is 1.12. The molecule has 0 N–H and O–H groups in total. The monoisotopic (exact) mass is 388 g/mol. The van der Waals surface area contributed by atoms with Crippen molar-refractivity contribution >= 4 is 11.8 Å². The van der Waals surface area contributed by atoms with Gasteiger partial charge in [0.15, 0.2) is 6.10 Å². The first-order valence-corrected chi connectivity index (χ1v) is 9.52. The lowest BCUT2D eigenvalue weighted by Crippen LogP contribution is -2.51. The van der Waals surface area contributed by atoms with Crippen LogP contribution < -0.4 is 0 Å². The van der Waals surface area contributed by atoms with Gasteiger partial charge in [0.2, 0.25) is 11.8 Å². The molecule has 0 aliphatic carbocycles. The second kappa shape index (κ2) is 7.70. The molecule has 150 valence electrons. The number of amides is 2. The zero-order chi connectivity index (χ0) is 19.7. The highest BCUT2D eigenvalue weighted by Crippen LogP contribution is 2.24. The molecule has 0 aromatic carbocycles. The molecule has 10 nitrogen and oxygen atoms in total. The maximum absolute atomic E-state index is 12.7. The molecule has 0 radical (unpaired) electrons. The van der Waals surface area contributed by atoms with Crippen LogP contribution in [0.1, 0.15) is 42.3 Å². The minimum absolute atomic E-state index is 0.231. The number of rotatable bonds is 2. The third-order valence-corrected chi connectivity index (χ3v) is 5.21. The van der Waals surface area contributed by atoms with E-state index in [9.17, 15) is 9.59 Å². The summed E-state index contributed by atoms with van der Waals surface area (Å²) in [5.74, 6) is -0.193. The SMILES string of the molecule is Cc1cnn(C2CCN(C(=O)C(=O)N3CCOC(c4nnc(C)o4)C3)CC2)c1. The van der Waals surface area contributed by atoms with Crippen molar-refractivity contribution < 1.29 is 18.7 Å². The van der Waals surface area contributed by atoms with Crippen LogP contribution in [-0.4, -0.2) is 74.4 Å². The molecule has 2 aromatic rings. The number of aryl methyl sites for hydroxylation is 2. The van der Waals surface area contributed by atoms with Gasteiger partial charge in [-0.1, -0.05) is 0 Å². The van der Waals surface area contributed by atoms with E-state index in [1.54, 1.807) is 11.8 Å². The maximum atomic E-state index is 12.7. The van der Waals surface area contributed by atoms with Crippen LogP contribution in [0.3, 0.4) is 0 Å². The van der Waals surface area contributed by atoms with Crippen LogP contribution in [0.25, 0.3) is 0 Å². The molecule has 2 aromatic heterocycles. The van der Waals surface area contributed by atoms with Crippen LogP contribution in [0.15, 0.2) is 16.8 Å². The van der Waals surface area contributed by atoms with Crippen LogP contribution in [0.4, 0.5) is 0 Å². The van der Waals surface area contributed by atoms with Gasteiger partial charge in [0.05, 0.1) is 25.4 Å². The number of nitrogens with zero attached hydrogens (tertiary/aromatic N) is 6. The van der Waals surface area contributed by atoms with Crippen molar-refractivity contribution in [1.29, 1.82) is 0 Å². The Labute approximate surface area is 162 Å².